The summed E-state index contributed by atoms with van der Waals surface area (Å²) < 4.78 is 34.7. The number of aromatic nitrogens is 4. The summed E-state index contributed by atoms with van der Waals surface area (Å²) in [4.78, 5) is 30.0. The Balaban J connectivity index is 1.47. The Kier molecular flexibility index (Phi) is 8.73. The van der Waals surface area contributed by atoms with Gasteiger partial charge < -0.3 is 15.0 Å². The maximum absolute atomic E-state index is 14.8. The minimum absolute atomic E-state index is 0.0148. The van der Waals surface area contributed by atoms with Crippen LogP contribution in [-0.2, 0) is 27.4 Å². The molecule has 2 atom stereocenters. The van der Waals surface area contributed by atoms with E-state index < -0.39 is 36.0 Å². The summed E-state index contributed by atoms with van der Waals surface area (Å²) in [6, 6.07) is 18.2. The summed E-state index contributed by atoms with van der Waals surface area (Å²) in [7, 11) is 0. The number of benzene rings is 3. The molecule has 0 bridgehead atoms. The number of ether oxygens (including phenoxy) is 1. The number of carbonyl (C=O) groups excluding carboxylic acids is 2. The number of halogens is 2. The van der Waals surface area contributed by atoms with E-state index in [4.69, 9.17) is 4.74 Å². The van der Waals surface area contributed by atoms with Gasteiger partial charge in [0.25, 0.3) is 0 Å². The van der Waals surface area contributed by atoms with Gasteiger partial charge in [-0.05, 0) is 48.7 Å². The summed E-state index contributed by atoms with van der Waals surface area (Å²) in [6.07, 6.45) is 1.64. The fourth-order valence-electron chi connectivity index (χ4n) is 4.74. The van der Waals surface area contributed by atoms with Crippen LogP contribution in [-0.4, -0.2) is 56.2 Å². The Morgan fingerprint density at radius 2 is 1.78 bits per heavy atom. The van der Waals surface area contributed by atoms with E-state index in [1.165, 1.54) is 23.1 Å². The van der Waals surface area contributed by atoms with E-state index in [9.17, 15) is 18.4 Å². The molecule has 1 N–H and O–H groups in total. The maximum Gasteiger partial charge on any atom is 0.247 e. The standard InChI is InChI=1S/C30H30F2N6O3/c1-20-12-14-21(15-13-20)28(30(40)33-17-23-8-6-16-41-23)37(18-22-7-2-4-10-25(22)31)27(39)19-38-35-29(34-36-38)24-9-3-5-11-26(24)32/h2-5,7,9-15,23,28H,6,8,16-19H2,1H3,(H,33,40)/t23-,28-/m0/s1. The quantitative estimate of drug-likeness (QED) is 0.315. The van der Waals surface area contributed by atoms with Crippen molar-refractivity contribution in [1.29, 1.82) is 0 Å². The van der Waals surface area contributed by atoms with Crippen molar-refractivity contribution in [1.82, 2.24) is 30.4 Å². The number of hydrogen-bond donors (Lipinski definition) is 1. The number of nitrogens with zero attached hydrogens (tertiary/aromatic N) is 5. The zero-order valence-corrected chi connectivity index (χ0v) is 22.5. The largest absolute Gasteiger partial charge is 0.376 e. The first-order valence-corrected chi connectivity index (χ1v) is 13.4. The minimum atomic E-state index is -1.08. The number of hydrogen-bond acceptors (Lipinski definition) is 6. The fraction of sp³-hybridized carbons (Fsp3) is 0.300. The molecule has 0 spiro atoms. The average molecular weight is 561 g/mol. The van der Waals surface area contributed by atoms with Crippen molar-refractivity contribution < 1.29 is 23.1 Å². The molecule has 1 aromatic heterocycles. The average Bonchev–Trinajstić information content (AvgIpc) is 3.66. The molecule has 9 nitrogen and oxygen atoms in total. The van der Waals surface area contributed by atoms with E-state index in [0.29, 0.717) is 18.7 Å². The van der Waals surface area contributed by atoms with Crippen LogP contribution in [0, 0.1) is 18.6 Å². The van der Waals surface area contributed by atoms with Crippen molar-refractivity contribution >= 4 is 11.8 Å². The molecule has 0 unspecified atom stereocenters. The van der Waals surface area contributed by atoms with E-state index in [1.807, 2.05) is 19.1 Å². The highest BCUT2D eigenvalue weighted by atomic mass is 19.1. The molecule has 0 aliphatic carbocycles. The van der Waals surface area contributed by atoms with Crippen molar-refractivity contribution in [3.63, 3.8) is 0 Å². The lowest BCUT2D eigenvalue weighted by Gasteiger charge is -2.32. The van der Waals surface area contributed by atoms with Crippen molar-refractivity contribution in [2.75, 3.05) is 13.2 Å². The molecule has 0 saturated carbocycles. The van der Waals surface area contributed by atoms with Crippen LogP contribution in [0.15, 0.2) is 72.8 Å². The molecule has 1 saturated heterocycles. The van der Waals surface area contributed by atoms with Gasteiger partial charge in [-0.1, -0.05) is 60.2 Å². The van der Waals surface area contributed by atoms with Crippen molar-refractivity contribution in [3.8, 4) is 11.4 Å². The first kappa shape index (κ1) is 28.0. The third-order valence-corrected chi connectivity index (χ3v) is 6.94. The van der Waals surface area contributed by atoms with Gasteiger partial charge in [0.2, 0.25) is 17.6 Å². The molecule has 0 radical (unpaired) electrons. The van der Waals surface area contributed by atoms with E-state index >= 15 is 0 Å². The predicted molar refractivity (Wildman–Crippen MR) is 146 cm³/mol. The number of nitrogens with one attached hydrogen (secondary N) is 1. The summed E-state index contributed by atoms with van der Waals surface area (Å²) >= 11 is 0. The summed E-state index contributed by atoms with van der Waals surface area (Å²) in [5, 5.41) is 14.9. The first-order valence-electron chi connectivity index (χ1n) is 13.4. The highest BCUT2D eigenvalue weighted by Gasteiger charge is 2.33. The van der Waals surface area contributed by atoms with Gasteiger partial charge in [-0.3, -0.25) is 9.59 Å². The molecule has 1 fully saturated rings. The summed E-state index contributed by atoms with van der Waals surface area (Å²) in [6.45, 7) is 2.25. The molecular formula is C30H30F2N6O3. The van der Waals surface area contributed by atoms with Crippen LogP contribution in [0.4, 0.5) is 8.78 Å². The second-order valence-corrected chi connectivity index (χ2v) is 9.93. The second kappa shape index (κ2) is 12.8. The number of aryl methyl sites for hydroxylation is 1. The lowest BCUT2D eigenvalue weighted by atomic mass is 10.0. The van der Waals surface area contributed by atoms with E-state index in [-0.39, 0.29) is 29.6 Å². The van der Waals surface area contributed by atoms with Gasteiger partial charge in [-0.15, -0.1) is 10.2 Å². The molecular weight excluding hydrogens is 530 g/mol. The molecule has 2 amide bonds. The highest BCUT2D eigenvalue weighted by molar-refractivity contribution is 5.88. The highest BCUT2D eigenvalue weighted by Crippen LogP contribution is 2.26. The Labute approximate surface area is 236 Å². The SMILES string of the molecule is Cc1ccc([C@@H](C(=O)NC[C@@H]2CCCO2)N(Cc2ccccc2F)C(=O)Cn2nnc(-c3ccccc3F)n2)cc1. The summed E-state index contributed by atoms with van der Waals surface area (Å²) in [5.41, 5.74) is 1.92. The van der Waals surface area contributed by atoms with Gasteiger partial charge in [-0.2, -0.15) is 4.80 Å². The number of rotatable bonds is 10. The lowest BCUT2D eigenvalue weighted by molar-refractivity contribution is -0.142. The molecule has 2 heterocycles. The van der Waals surface area contributed by atoms with Crippen molar-refractivity contribution in [3.05, 3.63) is 101 Å². The number of amides is 2. The predicted octanol–water partition coefficient (Wildman–Crippen LogP) is 3.99. The van der Waals surface area contributed by atoms with Crippen LogP contribution in [0.2, 0.25) is 0 Å². The Morgan fingerprint density at radius 1 is 1.05 bits per heavy atom. The van der Waals surface area contributed by atoms with E-state index in [2.05, 4.69) is 20.7 Å². The Morgan fingerprint density at radius 3 is 2.49 bits per heavy atom. The van der Waals surface area contributed by atoms with Crippen molar-refractivity contribution in [2.24, 2.45) is 0 Å². The lowest BCUT2D eigenvalue weighted by Crippen LogP contribution is -2.46. The van der Waals surface area contributed by atoms with Gasteiger partial charge in [-0.25, -0.2) is 8.78 Å². The minimum Gasteiger partial charge on any atom is -0.376 e. The molecule has 41 heavy (non-hydrogen) atoms. The van der Waals surface area contributed by atoms with Crippen LogP contribution in [0.3, 0.4) is 0 Å². The van der Waals surface area contributed by atoms with Gasteiger partial charge in [0, 0.05) is 25.3 Å². The second-order valence-electron chi connectivity index (χ2n) is 9.93. The Hall–Kier alpha value is -4.51. The molecule has 11 heteroatoms. The topological polar surface area (TPSA) is 102 Å². The normalized spacial score (nSPS) is 15.4. The zero-order chi connectivity index (χ0) is 28.8. The van der Waals surface area contributed by atoms with Crippen LogP contribution in [0.25, 0.3) is 11.4 Å². The van der Waals surface area contributed by atoms with Gasteiger partial charge in [0.15, 0.2) is 0 Å². The molecule has 3 aromatic carbocycles. The number of carbonyl (C=O) groups is 2. The van der Waals surface area contributed by atoms with Crippen molar-refractivity contribution in [2.45, 2.75) is 45.0 Å². The van der Waals surface area contributed by atoms with Crippen LogP contribution in [0.5, 0.6) is 0 Å². The van der Waals surface area contributed by atoms with Gasteiger partial charge in [0.05, 0.1) is 11.7 Å². The smallest absolute Gasteiger partial charge is 0.247 e. The third-order valence-electron chi connectivity index (χ3n) is 6.94. The van der Waals surface area contributed by atoms with E-state index in [0.717, 1.165) is 23.2 Å². The molecule has 1 aliphatic heterocycles. The molecule has 212 valence electrons. The Bertz CT molecular complexity index is 1500. The van der Waals surface area contributed by atoms with Crippen LogP contribution < -0.4 is 5.32 Å². The number of tetrazole rings is 1. The first-order chi connectivity index (χ1) is 19.9. The summed E-state index contributed by atoms with van der Waals surface area (Å²) in [5.74, 6) is -1.99. The monoisotopic (exact) mass is 560 g/mol. The van der Waals surface area contributed by atoms with Crippen LogP contribution in [0.1, 0.15) is 35.6 Å². The fourth-order valence-corrected chi connectivity index (χ4v) is 4.74. The van der Waals surface area contributed by atoms with Crippen LogP contribution >= 0.6 is 0 Å². The zero-order valence-electron chi connectivity index (χ0n) is 22.5. The maximum atomic E-state index is 14.8. The van der Waals surface area contributed by atoms with Gasteiger partial charge in [0.1, 0.15) is 24.2 Å². The third kappa shape index (κ3) is 6.80. The molecule has 1 aliphatic rings. The van der Waals surface area contributed by atoms with E-state index in [1.54, 1.807) is 42.5 Å². The molecule has 5 rings (SSSR count). The van der Waals surface area contributed by atoms with Gasteiger partial charge >= 0.3 is 0 Å². The molecule has 4 aromatic rings.